The smallest absolute Gasteiger partial charge is 0.120 e. The molecule has 1 aromatic rings. The Kier molecular flexibility index (Phi) is 3.34. The first-order valence-corrected chi connectivity index (χ1v) is 5.86. The lowest BCUT2D eigenvalue weighted by molar-refractivity contribution is 0.114. The Morgan fingerprint density at radius 2 is 2.00 bits per heavy atom. The van der Waals surface area contributed by atoms with E-state index in [4.69, 9.17) is 10.5 Å². The van der Waals surface area contributed by atoms with Crippen LogP contribution in [-0.4, -0.2) is 31.1 Å². The first kappa shape index (κ1) is 11.3. The van der Waals surface area contributed by atoms with Gasteiger partial charge in [-0.3, -0.25) is 0 Å². The molecule has 1 saturated heterocycles. The summed E-state index contributed by atoms with van der Waals surface area (Å²) < 4.78 is 5.96. The van der Waals surface area contributed by atoms with Gasteiger partial charge in [-0.25, -0.2) is 0 Å². The van der Waals surface area contributed by atoms with Crippen LogP contribution >= 0.6 is 0 Å². The van der Waals surface area contributed by atoms with Gasteiger partial charge in [0, 0.05) is 18.8 Å². The van der Waals surface area contributed by atoms with Crippen LogP contribution in [0.5, 0.6) is 5.75 Å². The predicted molar refractivity (Wildman–Crippen MR) is 66.7 cm³/mol. The Bertz CT molecular complexity index is 357. The SMILES string of the molecule is Cc1cc(OC2CCN(C)CC2)ccc1N. The van der Waals surface area contributed by atoms with E-state index in [-0.39, 0.29) is 0 Å². The van der Waals surface area contributed by atoms with Gasteiger partial charge in [0.25, 0.3) is 0 Å². The average molecular weight is 220 g/mol. The molecule has 88 valence electrons. The summed E-state index contributed by atoms with van der Waals surface area (Å²) in [4.78, 5) is 2.34. The molecule has 0 saturated carbocycles. The van der Waals surface area contributed by atoms with E-state index in [0.29, 0.717) is 6.10 Å². The maximum Gasteiger partial charge on any atom is 0.120 e. The summed E-state index contributed by atoms with van der Waals surface area (Å²) in [5, 5.41) is 0. The summed E-state index contributed by atoms with van der Waals surface area (Å²) >= 11 is 0. The highest BCUT2D eigenvalue weighted by atomic mass is 16.5. The van der Waals surface area contributed by atoms with Crippen LogP contribution in [0.15, 0.2) is 18.2 Å². The number of aryl methyl sites for hydroxylation is 1. The van der Waals surface area contributed by atoms with Crippen molar-refractivity contribution in [3.63, 3.8) is 0 Å². The zero-order valence-electron chi connectivity index (χ0n) is 10.1. The van der Waals surface area contributed by atoms with E-state index in [1.54, 1.807) is 0 Å². The summed E-state index contributed by atoms with van der Waals surface area (Å²) in [6, 6.07) is 5.90. The van der Waals surface area contributed by atoms with Crippen molar-refractivity contribution in [1.82, 2.24) is 4.90 Å². The molecular weight excluding hydrogens is 200 g/mol. The van der Waals surface area contributed by atoms with E-state index < -0.39 is 0 Å². The van der Waals surface area contributed by atoms with Gasteiger partial charge >= 0.3 is 0 Å². The van der Waals surface area contributed by atoms with Crippen LogP contribution in [0.2, 0.25) is 0 Å². The molecule has 0 spiro atoms. The van der Waals surface area contributed by atoms with Crippen LogP contribution in [0.4, 0.5) is 5.69 Å². The number of nitrogens with two attached hydrogens (primary N) is 1. The van der Waals surface area contributed by atoms with Gasteiger partial charge in [0.15, 0.2) is 0 Å². The molecule has 1 heterocycles. The summed E-state index contributed by atoms with van der Waals surface area (Å²) in [6.07, 6.45) is 2.58. The maximum absolute atomic E-state index is 5.96. The lowest BCUT2D eigenvalue weighted by Crippen LogP contribution is -2.35. The fourth-order valence-electron chi connectivity index (χ4n) is 2.02. The zero-order chi connectivity index (χ0) is 11.5. The second kappa shape index (κ2) is 4.74. The van der Waals surface area contributed by atoms with E-state index in [1.807, 2.05) is 25.1 Å². The van der Waals surface area contributed by atoms with Gasteiger partial charge in [-0.15, -0.1) is 0 Å². The van der Waals surface area contributed by atoms with Crippen LogP contribution in [0, 0.1) is 6.92 Å². The van der Waals surface area contributed by atoms with Crippen LogP contribution in [0.25, 0.3) is 0 Å². The quantitative estimate of drug-likeness (QED) is 0.775. The first-order valence-electron chi connectivity index (χ1n) is 5.86. The van der Waals surface area contributed by atoms with Gasteiger partial charge < -0.3 is 15.4 Å². The normalized spacial score (nSPS) is 18.6. The van der Waals surface area contributed by atoms with Crippen molar-refractivity contribution in [2.45, 2.75) is 25.9 Å². The number of hydrogen-bond donors (Lipinski definition) is 1. The van der Waals surface area contributed by atoms with Crippen LogP contribution in [0.1, 0.15) is 18.4 Å². The highest BCUT2D eigenvalue weighted by Gasteiger charge is 2.17. The molecule has 0 unspecified atom stereocenters. The Hall–Kier alpha value is -1.22. The molecule has 2 rings (SSSR count). The van der Waals surface area contributed by atoms with Crippen molar-refractivity contribution in [1.29, 1.82) is 0 Å². The van der Waals surface area contributed by atoms with Crippen molar-refractivity contribution < 1.29 is 4.74 Å². The van der Waals surface area contributed by atoms with E-state index >= 15 is 0 Å². The number of ether oxygens (including phenoxy) is 1. The summed E-state index contributed by atoms with van der Waals surface area (Å²) in [7, 11) is 2.16. The van der Waals surface area contributed by atoms with Gasteiger partial charge in [-0.1, -0.05) is 0 Å². The molecule has 2 N–H and O–H groups in total. The van der Waals surface area contributed by atoms with E-state index in [0.717, 1.165) is 42.9 Å². The minimum absolute atomic E-state index is 0.360. The molecule has 16 heavy (non-hydrogen) atoms. The molecule has 0 aliphatic carbocycles. The van der Waals surface area contributed by atoms with Crippen LogP contribution < -0.4 is 10.5 Å². The third kappa shape index (κ3) is 2.67. The topological polar surface area (TPSA) is 38.5 Å². The lowest BCUT2D eigenvalue weighted by atomic mass is 10.1. The Morgan fingerprint density at radius 3 is 2.62 bits per heavy atom. The zero-order valence-corrected chi connectivity index (χ0v) is 10.1. The van der Waals surface area contributed by atoms with Crippen LogP contribution in [0.3, 0.4) is 0 Å². The van der Waals surface area contributed by atoms with E-state index in [9.17, 15) is 0 Å². The molecule has 1 aliphatic rings. The number of nitrogens with zero attached hydrogens (tertiary/aromatic N) is 1. The number of piperidine rings is 1. The third-order valence-electron chi connectivity index (χ3n) is 3.21. The summed E-state index contributed by atoms with van der Waals surface area (Å²) in [6.45, 7) is 4.26. The van der Waals surface area contributed by atoms with Gasteiger partial charge in [0.05, 0.1) is 0 Å². The molecule has 0 atom stereocenters. The largest absolute Gasteiger partial charge is 0.490 e. The van der Waals surface area contributed by atoms with Crippen molar-refractivity contribution in [3.05, 3.63) is 23.8 Å². The van der Waals surface area contributed by atoms with Gasteiger partial charge in [-0.2, -0.15) is 0 Å². The second-order valence-electron chi connectivity index (χ2n) is 4.64. The Labute approximate surface area is 97.2 Å². The molecular formula is C13H20N2O. The predicted octanol–water partition coefficient (Wildman–Crippen LogP) is 2.05. The number of hydrogen-bond acceptors (Lipinski definition) is 3. The maximum atomic E-state index is 5.96. The number of anilines is 1. The number of nitrogen functional groups attached to an aromatic ring is 1. The molecule has 3 nitrogen and oxygen atoms in total. The monoisotopic (exact) mass is 220 g/mol. The molecule has 0 radical (unpaired) electrons. The fraction of sp³-hybridized carbons (Fsp3) is 0.538. The Balaban J connectivity index is 1.96. The van der Waals surface area contributed by atoms with Gasteiger partial charge in [0.1, 0.15) is 11.9 Å². The molecule has 1 fully saturated rings. The number of benzene rings is 1. The van der Waals surface area contributed by atoms with Gasteiger partial charge in [0.2, 0.25) is 0 Å². The number of likely N-dealkylation sites (tertiary alicyclic amines) is 1. The van der Waals surface area contributed by atoms with Crippen LogP contribution in [-0.2, 0) is 0 Å². The first-order chi connectivity index (χ1) is 7.65. The Morgan fingerprint density at radius 1 is 1.31 bits per heavy atom. The highest BCUT2D eigenvalue weighted by molar-refractivity contribution is 5.49. The second-order valence-corrected chi connectivity index (χ2v) is 4.64. The van der Waals surface area contributed by atoms with Crippen molar-refractivity contribution in [2.75, 3.05) is 25.9 Å². The standard InChI is InChI=1S/C13H20N2O/c1-10-9-12(3-4-13(10)14)16-11-5-7-15(2)8-6-11/h3-4,9,11H,5-8,14H2,1-2H3. The minimum atomic E-state index is 0.360. The minimum Gasteiger partial charge on any atom is -0.490 e. The van der Waals surface area contributed by atoms with Gasteiger partial charge in [-0.05, 0) is 50.6 Å². The van der Waals surface area contributed by atoms with Crippen molar-refractivity contribution in [2.24, 2.45) is 0 Å². The molecule has 1 aromatic carbocycles. The summed E-state index contributed by atoms with van der Waals surface area (Å²) in [5.74, 6) is 0.946. The summed E-state index contributed by atoms with van der Waals surface area (Å²) in [5.41, 5.74) is 7.70. The molecule has 0 amide bonds. The molecule has 0 aromatic heterocycles. The molecule has 0 bridgehead atoms. The fourth-order valence-corrected chi connectivity index (χ4v) is 2.02. The highest BCUT2D eigenvalue weighted by Crippen LogP contribution is 2.22. The van der Waals surface area contributed by atoms with E-state index in [1.165, 1.54) is 0 Å². The lowest BCUT2D eigenvalue weighted by Gasteiger charge is -2.29. The van der Waals surface area contributed by atoms with Crippen molar-refractivity contribution in [3.8, 4) is 5.75 Å². The third-order valence-corrected chi connectivity index (χ3v) is 3.21. The average Bonchev–Trinajstić information content (AvgIpc) is 2.27. The van der Waals surface area contributed by atoms with E-state index in [2.05, 4.69) is 11.9 Å². The van der Waals surface area contributed by atoms with Crippen molar-refractivity contribution >= 4 is 5.69 Å². The molecule has 1 aliphatic heterocycles. The number of rotatable bonds is 2. The molecule has 3 heteroatoms.